The zero-order chi connectivity index (χ0) is 8.97. The molecule has 0 radical (unpaired) electrons. The van der Waals surface area contributed by atoms with Crippen molar-refractivity contribution in [1.29, 1.82) is 0 Å². The highest BCUT2D eigenvalue weighted by molar-refractivity contribution is 5.69. The summed E-state index contributed by atoms with van der Waals surface area (Å²) in [6.45, 7) is 0. The predicted octanol–water partition coefficient (Wildman–Crippen LogP) is 0.296. The number of hydrogen-bond donors (Lipinski definition) is 0. The van der Waals surface area contributed by atoms with Gasteiger partial charge in [-0.25, -0.2) is 0 Å². The average molecular weight is 172 g/mol. The summed E-state index contributed by atoms with van der Waals surface area (Å²) in [4.78, 5) is 20.7. The number of epoxide rings is 1. The molecule has 1 aliphatic heterocycles. The van der Waals surface area contributed by atoms with Crippen LogP contribution in [-0.4, -0.2) is 31.6 Å². The van der Waals surface area contributed by atoms with Crippen molar-refractivity contribution in [2.24, 2.45) is 0 Å². The van der Waals surface area contributed by atoms with Crippen molar-refractivity contribution in [3.63, 3.8) is 0 Å². The van der Waals surface area contributed by atoms with Crippen LogP contribution >= 0.6 is 0 Å². The lowest BCUT2D eigenvalue weighted by atomic mass is 10.1. The fraction of sp³-hybridized carbons (Fsp3) is 0.750. The molecule has 4 nitrogen and oxygen atoms in total. The second-order valence-electron chi connectivity index (χ2n) is 2.74. The van der Waals surface area contributed by atoms with E-state index in [1.54, 1.807) is 0 Å². The Hall–Kier alpha value is -0.900. The van der Waals surface area contributed by atoms with E-state index >= 15 is 0 Å². The van der Waals surface area contributed by atoms with E-state index in [1.165, 1.54) is 7.11 Å². The zero-order valence-electron chi connectivity index (χ0n) is 6.99. The van der Waals surface area contributed by atoms with Crippen molar-refractivity contribution in [3.05, 3.63) is 0 Å². The maximum absolute atomic E-state index is 10.6. The van der Waals surface area contributed by atoms with Gasteiger partial charge in [0.2, 0.25) is 0 Å². The van der Waals surface area contributed by atoms with E-state index in [0.29, 0.717) is 6.42 Å². The lowest BCUT2D eigenvalue weighted by molar-refractivity contribution is -0.140. The smallest absolute Gasteiger partial charge is 0.305 e. The molecule has 0 aromatic rings. The summed E-state index contributed by atoms with van der Waals surface area (Å²) >= 11 is 0. The highest BCUT2D eigenvalue weighted by Gasteiger charge is 2.37. The summed E-state index contributed by atoms with van der Waals surface area (Å²) in [5.74, 6) is -0.210. The van der Waals surface area contributed by atoms with Gasteiger partial charge in [0.05, 0.1) is 13.2 Å². The first-order valence-electron chi connectivity index (χ1n) is 3.95. The van der Waals surface area contributed by atoms with Crippen molar-refractivity contribution >= 4 is 12.3 Å². The molecule has 0 aliphatic carbocycles. The van der Waals surface area contributed by atoms with Gasteiger partial charge in [-0.1, -0.05) is 0 Å². The number of hydrogen-bond acceptors (Lipinski definition) is 4. The second kappa shape index (κ2) is 4.21. The minimum Gasteiger partial charge on any atom is -0.469 e. The molecular formula is C8H12O4. The largest absolute Gasteiger partial charge is 0.469 e. The number of aldehydes is 1. The van der Waals surface area contributed by atoms with Gasteiger partial charge in [-0.2, -0.15) is 0 Å². The van der Waals surface area contributed by atoms with E-state index in [4.69, 9.17) is 4.74 Å². The van der Waals surface area contributed by atoms with Crippen molar-refractivity contribution in [2.45, 2.75) is 31.5 Å². The van der Waals surface area contributed by atoms with Crippen LogP contribution in [0.4, 0.5) is 0 Å². The van der Waals surface area contributed by atoms with Crippen molar-refractivity contribution in [2.75, 3.05) is 7.11 Å². The van der Waals surface area contributed by atoms with Crippen LogP contribution in [0.3, 0.4) is 0 Å². The minimum absolute atomic E-state index is 0.0483. The van der Waals surface area contributed by atoms with Crippen LogP contribution in [0.15, 0.2) is 0 Å². The Labute approximate surface area is 70.8 Å². The van der Waals surface area contributed by atoms with E-state index in [2.05, 4.69) is 4.74 Å². The van der Waals surface area contributed by atoms with Gasteiger partial charge in [0.15, 0.2) is 6.29 Å². The molecular weight excluding hydrogens is 160 g/mol. The minimum atomic E-state index is -0.220. The molecule has 0 aromatic carbocycles. The van der Waals surface area contributed by atoms with E-state index in [0.717, 1.165) is 19.1 Å². The predicted molar refractivity (Wildman–Crippen MR) is 40.6 cm³/mol. The number of carbonyl (C=O) groups is 2. The highest BCUT2D eigenvalue weighted by Crippen LogP contribution is 2.24. The lowest BCUT2D eigenvalue weighted by Gasteiger charge is -1.95. The Morgan fingerprint density at radius 3 is 2.92 bits per heavy atom. The Kier molecular flexibility index (Phi) is 3.22. The van der Waals surface area contributed by atoms with Crippen LogP contribution in [0.5, 0.6) is 0 Å². The fourth-order valence-electron chi connectivity index (χ4n) is 1.06. The average Bonchev–Trinajstić information content (AvgIpc) is 2.83. The topological polar surface area (TPSA) is 55.9 Å². The quantitative estimate of drug-likeness (QED) is 0.340. The molecule has 12 heavy (non-hydrogen) atoms. The van der Waals surface area contributed by atoms with Crippen molar-refractivity contribution < 1.29 is 19.1 Å². The number of carbonyl (C=O) groups excluding carboxylic acids is 2. The van der Waals surface area contributed by atoms with Gasteiger partial charge < -0.3 is 14.3 Å². The third-order valence-electron chi connectivity index (χ3n) is 1.85. The Morgan fingerprint density at radius 2 is 2.42 bits per heavy atom. The fourth-order valence-corrected chi connectivity index (χ4v) is 1.06. The summed E-state index contributed by atoms with van der Waals surface area (Å²) in [5.41, 5.74) is 0. The molecule has 1 heterocycles. The van der Waals surface area contributed by atoms with Crippen LogP contribution in [0.2, 0.25) is 0 Å². The second-order valence-corrected chi connectivity index (χ2v) is 2.74. The van der Waals surface area contributed by atoms with Gasteiger partial charge in [0, 0.05) is 6.42 Å². The highest BCUT2D eigenvalue weighted by atomic mass is 16.6. The van der Waals surface area contributed by atoms with Crippen LogP contribution in [-0.2, 0) is 19.1 Å². The summed E-state index contributed by atoms with van der Waals surface area (Å²) in [6, 6.07) is 0. The van der Waals surface area contributed by atoms with E-state index in [9.17, 15) is 9.59 Å². The first-order valence-corrected chi connectivity index (χ1v) is 3.95. The van der Waals surface area contributed by atoms with E-state index in [-0.39, 0.29) is 18.2 Å². The van der Waals surface area contributed by atoms with E-state index in [1.807, 2.05) is 0 Å². The van der Waals surface area contributed by atoms with Gasteiger partial charge in [-0.15, -0.1) is 0 Å². The van der Waals surface area contributed by atoms with E-state index < -0.39 is 0 Å². The number of ether oxygens (including phenoxy) is 2. The third-order valence-corrected chi connectivity index (χ3v) is 1.85. The van der Waals surface area contributed by atoms with Crippen LogP contribution in [0, 0.1) is 0 Å². The molecule has 0 amide bonds. The normalized spacial score (nSPS) is 26.4. The van der Waals surface area contributed by atoms with Gasteiger partial charge in [-0.3, -0.25) is 4.79 Å². The first kappa shape index (κ1) is 9.19. The summed E-state index contributed by atoms with van der Waals surface area (Å²) < 4.78 is 9.42. The Balaban J connectivity index is 1.97. The van der Waals surface area contributed by atoms with Gasteiger partial charge in [0.1, 0.15) is 6.10 Å². The van der Waals surface area contributed by atoms with Crippen LogP contribution in [0.25, 0.3) is 0 Å². The molecule has 2 atom stereocenters. The number of esters is 1. The standard InChI is InChI=1S/C8H12O4/c1-11-8(10)4-2-3-6-7(5-9)12-6/h5-7H,2-4H2,1H3/t6-,7-/m1/s1. The Morgan fingerprint density at radius 1 is 1.67 bits per heavy atom. The maximum atomic E-state index is 10.6. The molecule has 0 spiro atoms. The molecule has 1 fully saturated rings. The number of methoxy groups -OCH3 is 1. The molecule has 68 valence electrons. The number of rotatable bonds is 5. The monoisotopic (exact) mass is 172 g/mol. The van der Waals surface area contributed by atoms with Gasteiger partial charge >= 0.3 is 5.97 Å². The summed E-state index contributed by atoms with van der Waals surface area (Å²) in [7, 11) is 1.37. The zero-order valence-corrected chi connectivity index (χ0v) is 6.99. The SMILES string of the molecule is COC(=O)CCC[C@H]1O[C@@H]1C=O. The van der Waals surface area contributed by atoms with Crippen LogP contribution in [0.1, 0.15) is 19.3 Å². The van der Waals surface area contributed by atoms with Crippen LogP contribution < -0.4 is 0 Å². The molecule has 1 saturated heterocycles. The van der Waals surface area contributed by atoms with Gasteiger partial charge in [-0.05, 0) is 12.8 Å². The van der Waals surface area contributed by atoms with Crippen molar-refractivity contribution in [3.8, 4) is 0 Å². The molecule has 0 unspecified atom stereocenters. The first-order chi connectivity index (χ1) is 5.77. The third kappa shape index (κ3) is 2.62. The molecule has 1 rings (SSSR count). The molecule has 4 heteroatoms. The molecule has 0 saturated carbocycles. The van der Waals surface area contributed by atoms with Crippen molar-refractivity contribution in [1.82, 2.24) is 0 Å². The van der Waals surface area contributed by atoms with Gasteiger partial charge in [0.25, 0.3) is 0 Å². The lowest BCUT2D eigenvalue weighted by Crippen LogP contribution is -2.01. The molecule has 0 bridgehead atoms. The molecule has 0 aromatic heterocycles. The molecule has 0 N–H and O–H groups in total. The summed E-state index contributed by atoms with van der Waals surface area (Å²) in [6.07, 6.45) is 2.51. The Bertz CT molecular complexity index is 178. The maximum Gasteiger partial charge on any atom is 0.305 e. The molecule has 1 aliphatic rings. The summed E-state index contributed by atoms with van der Waals surface area (Å²) in [5, 5.41) is 0.